The molecule has 0 radical (unpaired) electrons. The predicted molar refractivity (Wildman–Crippen MR) is 138 cm³/mol. The van der Waals surface area contributed by atoms with E-state index in [1.807, 2.05) is 5.51 Å². The largest absolute Gasteiger partial charge is 0.477 e. The second kappa shape index (κ2) is 10.4. The molecule has 3 aliphatic rings. The van der Waals surface area contributed by atoms with Crippen LogP contribution in [-0.2, 0) is 38.6 Å². The number of hydrogen-bond acceptors (Lipinski definition) is 11. The Balaban J connectivity index is 1.34. The zero-order valence-electron chi connectivity index (χ0n) is 20.2. The van der Waals surface area contributed by atoms with Gasteiger partial charge >= 0.3 is 5.97 Å². The van der Waals surface area contributed by atoms with Crippen LogP contribution in [0.2, 0.25) is 0 Å². The van der Waals surface area contributed by atoms with E-state index in [-0.39, 0.29) is 29.0 Å². The van der Waals surface area contributed by atoms with Gasteiger partial charge in [0.25, 0.3) is 11.8 Å². The molecule has 1 aliphatic carbocycles. The van der Waals surface area contributed by atoms with Gasteiger partial charge in [-0.25, -0.2) is 4.79 Å². The van der Waals surface area contributed by atoms with Crippen LogP contribution in [0.5, 0.6) is 0 Å². The predicted octanol–water partition coefficient (Wildman–Crippen LogP) is 0.774. The van der Waals surface area contributed by atoms with Crippen LogP contribution in [0.25, 0.3) is 0 Å². The fraction of sp³-hybridized carbons (Fsp3) is 0.500. The first-order chi connectivity index (χ1) is 17.8. The SMILES string of the molecule is CCO/N=C(/C(=O)N[C@@H]1C(=O)N2C(C(=O)O)=C(C[n+]3csc4c3CCC(C)C4)CS[C@H]12)c1nsc(N)n1. The Bertz CT molecular complexity index is 1320. The summed E-state index contributed by atoms with van der Waals surface area (Å²) in [5.74, 6) is -1.28. The van der Waals surface area contributed by atoms with E-state index in [0.29, 0.717) is 23.8 Å². The highest BCUT2D eigenvalue weighted by Crippen LogP contribution is 2.40. The number of nitrogens with one attached hydrogen (secondary N) is 1. The first-order valence-corrected chi connectivity index (χ1v) is 14.5. The van der Waals surface area contributed by atoms with E-state index in [4.69, 9.17) is 10.6 Å². The molecule has 0 aromatic carbocycles. The second-order valence-corrected chi connectivity index (χ2v) is 11.8. The molecule has 3 atom stereocenters. The van der Waals surface area contributed by atoms with E-state index >= 15 is 0 Å². The van der Waals surface area contributed by atoms with Gasteiger partial charge in [0.1, 0.15) is 23.7 Å². The van der Waals surface area contributed by atoms with Crippen molar-refractivity contribution in [3.63, 3.8) is 0 Å². The van der Waals surface area contributed by atoms with Crippen LogP contribution in [0, 0.1) is 5.92 Å². The van der Waals surface area contributed by atoms with Crippen molar-refractivity contribution >= 4 is 63.3 Å². The number of amides is 2. The summed E-state index contributed by atoms with van der Waals surface area (Å²) in [7, 11) is 0. The summed E-state index contributed by atoms with van der Waals surface area (Å²) < 4.78 is 6.13. The highest BCUT2D eigenvalue weighted by atomic mass is 32.2. The molecular formula is C22H26N7O5S3+. The number of hydrogen-bond donors (Lipinski definition) is 3. The molecule has 1 unspecified atom stereocenters. The number of carbonyl (C=O) groups is 3. The van der Waals surface area contributed by atoms with Crippen LogP contribution in [-0.4, -0.2) is 66.6 Å². The number of aromatic nitrogens is 3. The van der Waals surface area contributed by atoms with Crippen molar-refractivity contribution < 1.29 is 28.9 Å². The minimum absolute atomic E-state index is 0.00646. The van der Waals surface area contributed by atoms with Gasteiger partial charge in [0, 0.05) is 29.3 Å². The Morgan fingerprint density at radius 1 is 1.43 bits per heavy atom. The molecule has 2 aromatic rings. The molecule has 5 rings (SSSR count). The third-order valence-electron chi connectivity index (χ3n) is 6.45. The molecule has 196 valence electrons. The number of rotatable bonds is 8. The minimum atomic E-state index is -1.16. The number of carbonyl (C=O) groups excluding carboxylic acids is 2. The van der Waals surface area contributed by atoms with Gasteiger partial charge < -0.3 is 21.0 Å². The lowest BCUT2D eigenvalue weighted by Crippen LogP contribution is -2.71. The van der Waals surface area contributed by atoms with Crippen LogP contribution in [0.15, 0.2) is 21.9 Å². The molecule has 4 N–H and O–H groups in total. The van der Waals surface area contributed by atoms with Gasteiger partial charge in [-0.3, -0.25) is 14.5 Å². The minimum Gasteiger partial charge on any atom is -0.477 e. The van der Waals surface area contributed by atoms with E-state index in [0.717, 1.165) is 30.8 Å². The smallest absolute Gasteiger partial charge is 0.352 e. The average Bonchev–Trinajstić information content (AvgIpc) is 3.47. The fourth-order valence-corrected chi connectivity index (χ4v) is 7.63. The molecule has 4 heterocycles. The van der Waals surface area contributed by atoms with Crippen molar-refractivity contribution in [2.24, 2.45) is 11.1 Å². The third-order valence-corrected chi connectivity index (χ3v) is 9.38. The Hall–Kier alpha value is -3.04. The lowest BCUT2D eigenvalue weighted by molar-refractivity contribution is -0.692. The number of anilines is 1. The van der Waals surface area contributed by atoms with Crippen molar-refractivity contribution in [1.82, 2.24) is 19.6 Å². The lowest BCUT2D eigenvalue weighted by Gasteiger charge is -2.49. The van der Waals surface area contributed by atoms with Crippen molar-refractivity contribution in [1.29, 1.82) is 0 Å². The van der Waals surface area contributed by atoms with Gasteiger partial charge in [0.05, 0.1) is 4.88 Å². The topological polar surface area (TPSA) is 164 Å². The summed E-state index contributed by atoms with van der Waals surface area (Å²) >= 11 is 4.03. The number of β-lactam (4-membered cyclic amide) rings is 1. The summed E-state index contributed by atoms with van der Waals surface area (Å²) in [6.45, 7) is 4.58. The number of carboxylic acids is 1. The van der Waals surface area contributed by atoms with Gasteiger partial charge in [-0.15, -0.1) is 11.8 Å². The molecule has 2 amide bonds. The molecule has 12 nitrogen and oxygen atoms in total. The summed E-state index contributed by atoms with van der Waals surface area (Å²) in [6.07, 6.45) is 3.11. The van der Waals surface area contributed by atoms with E-state index < -0.39 is 29.2 Å². The highest BCUT2D eigenvalue weighted by molar-refractivity contribution is 8.00. The maximum atomic E-state index is 13.1. The van der Waals surface area contributed by atoms with Crippen LogP contribution in [0.1, 0.15) is 36.7 Å². The van der Waals surface area contributed by atoms with Gasteiger partial charge in [0.2, 0.25) is 17.0 Å². The van der Waals surface area contributed by atoms with Crippen LogP contribution >= 0.6 is 34.6 Å². The highest BCUT2D eigenvalue weighted by Gasteiger charge is 2.55. The summed E-state index contributed by atoms with van der Waals surface area (Å²) in [5.41, 5.74) is 9.40. The molecule has 0 spiro atoms. The first kappa shape index (κ1) is 25.6. The number of fused-ring (bicyclic) bond motifs is 2. The van der Waals surface area contributed by atoms with Crippen molar-refractivity contribution in [3.8, 4) is 0 Å². The van der Waals surface area contributed by atoms with Gasteiger partial charge in [-0.2, -0.15) is 13.9 Å². The second-order valence-electron chi connectivity index (χ2n) is 9.00. The number of thiazole rings is 1. The monoisotopic (exact) mass is 564 g/mol. The maximum absolute atomic E-state index is 13.1. The summed E-state index contributed by atoms with van der Waals surface area (Å²) in [4.78, 5) is 50.0. The number of nitrogens with zero attached hydrogens (tertiary/aromatic N) is 5. The number of carboxylic acid groups (broad SMARTS) is 1. The Morgan fingerprint density at radius 2 is 2.24 bits per heavy atom. The summed E-state index contributed by atoms with van der Waals surface area (Å²) in [6, 6.07) is -0.917. The molecule has 0 bridgehead atoms. The lowest BCUT2D eigenvalue weighted by atomic mass is 9.92. The van der Waals surface area contributed by atoms with E-state index in [1.54, 1.807) is 18.3 Å². The number of aliphatic carboxylic acids is 1. The van der Waals surface area contributed by atoms with Crippen LogP contribution < -0.4 is 15.6 Å². The Labute approximate surface area is 224 Å². The summed E-state index contributed by atoms with van der Waals surface area (Å²) in [5, 5.41) is 16.1. The zero-order valence-corrected chi connectivity index (χ0v) is 22.6. The molecule has 2 aliphatic heterocycles. The van der Waals surface area contributed by atoms with Crippen molar-refractivity contribution in [2.75, 3.05) is 18.1 Å². The third kappa shape index (κ3) is 4.82. The molecular weight excluding hydrogens is 538 g/mol. The van der Waals surface area contributed by atoms with Crippen LogP contribution in [0.3, 0.4) is 0 Å². The molecule has 1 fully saturated rings. The van der Waals surface area contributed by atoms with Gasteiger partial charge in [-0.1, -0.05) is 23.4 Å². The normalized spacial score (nSPS) is 23.3. The molecule has 1 saturated heterocycles. The number of oxime groups is 1. The van der Waals surface area contributed by atoms with Crippen molar-refractivity contribution in [3.05, 3.63) is 33.2 Å². The van der Waals surface area contributed by atoms with E-state index in [9.17, 15) is 19.5 Å². The number of nitrogens with two attached hydrogens (primary N) is 1. The fourth-order valence-electron chi connectivity index (χ4n) is 4.67. The molecule has 15 heteroatoms. The van der Waals surface area contributed by atoms with Crippen LogP contribution in [0.4, 0.5) is 5.13 Å². The van der Waals surface area contributed by atoms with Crippen molar-refractivity contribution in [2.45, 2.75) is 51.1 Å². The molecule has 2 aromatic heterocycles. The van der Waals surface area contributed by atoms with Gasteiger partial charge in [0.15, 0.2) is 17.4 Å². The molecule has 0 saturated carbocycles. The first-order valence-electron chi connectivity index (χ1n) is 11.8. The number of nitrogen functional groups attached to an aromatic ring is 1. The average molecular weight is 565 g/mol. The molecule has 37 heavy (non-hydrogen) atoms. The maximum Gasteiger partial charge on any atom is 0.352 e. The van der Waals surface area contributed by atoms with E-state index in [2.05, 4.69) is 31.3 Å². The number of thioether (sulfide) groups is 1. The van der Waals surface area contributed by atoms with E-state index in [1.165, 1.54) is 27.2 Å². The zero-order chi connectivity index (χ0) is 26.3. The Morgan fingerprint density at radius 3 is 2.95 bits per heavy atom. The van der Waals surface area contributed by atoms with Gasteiger partial charge in [-0.05, 0) is 25.7 Å². The quantitative estimate of drug-likeness (QED) is 0.182. The standard InChI is InChI=1S/C22H25N7O5S3/c1-3-34-26-14(17-25-22(23)37-27-17)18(30)24-15-19(31)29-16(21(32)33)11(8-35-20(15)29)7-28-9-36-13-6-10(2)4-5-12(13)28/h9-10,15,20H,3-8H2,1-2H3,(H3-,23,24,25,27,30,32,33)/p+1/b26-14+/t10?,15-,20-/m1/s1. The Kier molecular flexibility index (Phi) is 7.18.